The zero-order valence-electron chi connectivity index (χ0n) is 23.8. The van der Waals surface area contributed by atoms with E-state index >= 15 is 4.57 Å². The van der Waals surface area contributed by atoms with Crippen LogP contribution in [0.3, 0.4) is 0 Å². The second kappa shape index (κ2) is 7.39. The summed E-state index contributed by atoms with van der Waals surface area (Å²) in [6.45, 7) is 25.3. The largest absolute Gasteiger partial charge is 0.455 e. The van der Waals surface area contributed by atoms with Crippen LogP contribution in [0.15, 0.2) is 36.4 Å². The molecule has 2 aromatic carbocycles. The first-order valence-electron chi connectivity index (χ1n) is 12.8. The third kappa shape index (κ3) is 3.30. The molecule has 0 unspecified atom stereocenters. The van der Waals surface area contributed by atoms with Crippen LogP contribution in [0.1, 0.15) is 101 Å². The minimum atomic E-state index is -2.96. The lowest BCUT2D eigenvalue weighted by Gasteiger charge is -2.58. The van der Waals surface area contributed by atoms with Gasteiger partial charge in [0.25, 0.3) is 0 Å². The highest BCUT2D eigenvalue weighted by molar-refractivity contribution is 7.76. The molecule has 0 saturated carbocycles. The third-order valence-electron chi connectivity index (χ3n) is 8.68. The maximum atomic E-state index is 15.1. The van der Waals surface area contributed by atoms with Gasteiger partial charge in [-0.05, 0) is 18.6 Å². The Morgan fingerprint density at radius 2 is 1.23 bits per heavy atom. The van der Waals surface area contributed by atoms with Crippen molar-refractivity contribution in [3.8, 4) is 11.5 Å². The van der Waals surface area contributed by atoms with E-state index < -0.39 is 24.6 Å². The molecule has 0 aliphatic carbocycles. The van der Waals surface area contributed by atoms with Crippen molar-refractivity contribution in [2.75, 3.05) is 0 Å². The van der Waals surface area contributed by atoms with Gasteiger partial charge in [0.05, 0.1) is 10.6 Å². The summed E-state index contributed by atoms with van der Waals surface area (Å²) in [5, 5.41) is 0.174. The lowest BCUT2D eigenvalue weighted by Crippen LogP contribution is -2.52. The molecule has 0 radical (unpaired) electrons. The van der Waals surface area contributed by atoms with Gasteiger partial charge in [-0.1, -0.05) is 107 Å². The molecule has 192 valence electrons. The van der Waals surface area contributed by atoms with E-state index in [-0.39, 0.29) is 15.7 Å². The van der Waals surface area contributed by atoms with Crippen LogP contribution in [0.2, 0.25) is 0 Å². The standard InChI is InChI=1S/C30H44O3P2/c1-26(2,3)34(31,27(4,5)6)22-17-13-15-20-24(22)33-25-21(30(20,11)12)16-14-18-23(25)35(32)28(7,8)19-29(35,9)10/h13-18H,19H2,1-12H3. The van der Waals surface area contributed by atoms with E-state index in [1.54, 1.807) is 0 Å². The topological polar surface area (TPSA) is 43.4 Å². The van der Waals surface area contributed by atoms with Crippen molar-refractivity contribution in [3.05, 3.63) is 47.5 Å². The highest BCUT2D eigenvalue weighted by atomic mass is 31.2. The van der Waals surface area contributed by atoms with Crippen LogP contribution in [-0.2, 0) is 14.5 Å². The average molecular weight is 515 g/mol. The average Bonchev–Trinajstić information content (AvgIpc) is 2.69. The predicted octanol–water partition coefficient (Wildman–Crippen LogP) is 8.65. The summed E-state index contributed by atoms with van der Waals surface area (Å²) in [6, 6.07) is 12.3. The summed E-state index contributed by atoms with van der Waals surface area (Å²) in [7, 11) is -5.76. The Bertz CT molecular complexity index is 1260. The van der Waals surface area contributed by atoms with E-state index in [0.29, 0.717) is 5.75 Å². The summed E-state index contributed by atoms with van der Waals surface area (Å²) in [6.07, 6.45) is 0.912. The minimum absolute atomic E-state index is 0.287. The molecule has 3 nitrogen and oxygen atoms in total. The van der Waals surface area contributed by atoms with E-state index in [4.69, 9.17) is 4.74 Å². The van der Waals surface area contributed by atoms with Crippen molar-refractivity contribution in [2.45, 2.75) is 116 Å². The quantitative estimate of drug-likeness (QED) is 0.377. The van der Waals surface area contributed by atoms with Gasteiger partial charge < -0.3 is 13.9 Å². The van der Waals surface area contributed by atoms with E-state index in [9.17, 15) is 4.57 Å². The fourth-order valence-electron chi connectivity index (χ4n) is 7.38. The summed E-state index contributed by atoms with van der Waals surface area (Å²) >= 11 is 0. The van der Waals surface area contributed by atoms with Crippen LogP contribution in [0.4, 0.5) is 0 Å². The molecule has 2 aliphatic heterocycles. The van der Waals surface area contributed by atoms with Crippen LogP contribution in [0, 0.1) is 0 Å². The molecule has 4 rings (SSSR count). The van der Waals surface area contributed by atoms with Gasteiger partial charge >= 0.3 is 0 Å². The molecule has 35 heavy (non-hydrogen) atoms. The lowest BCUT2D eigenvalue weighted by molar-refractivity contribution is 0.388. The van der Waals surface area contributed by atoms with E-state index in [1.807, 2.05) is 24.3 Å². The molecule has 2 aromatic rings. The molecule has 2 heterocycles. The van der Waals surface area contributed by atoms with Crippen LogP contribution >= 0.6 is 14.3 Å². The summed E-state index contributed by atoms with van der Waals surface area (Å²) in [4.78, 5) is 0. The van der Waals surface area contributed by atoms with Gasteiger partial charge in [-0.2, -0.15) is 0 Å². The number of para-hydroxylation sites is 2. The minimum Gasteiger partial charge on any atom is -0.455 e. The van der Waals surface area contributed by atoms with E-state index in [1.165, 1.54) is 0 Å². The molecule has 0 bridgehead atoms. The maximum absolute atomic E-state index is 15.1. The van der Waals surface area contributed by atoms with Crippen molar-refractivity contribution >= 4 is 24.9 Å². The molecule has 5 heteroatoms. The highest BCUT2D eigenvalue weighted by Gasteiger charge is 2.64. The maximum Gasteiger partial charge on any atom is 0.142 e. The molecule has 0 atom stereocenters. The SMILES string of the molecule is CC1(C)c2cccc(P(=O)(C(C)(C)C)C(C)(C)C)c2Oc2c1cccc2P1(=O)C(C)(C)CC1(C)C. The number of ether oxygens (including phenoxy) is 1. The summed E-state index contributed by atoms with van der Waals surface area (Å²) in [5.41, 5.74) is 1.71. The highest BCUT2D eigenvalue weighted by Crippen LogP contribution is 2.79. The van der Waals surface area contributed by atoms with Crippen LogP contribution in [0.5, 0.6) is 11.5 Å². The summed E-state index contributed by atoms with van der Waals surface area (Å²) in [5.74, 6) is 1.42. The zero-order valence-corrected chi connectivity index (χ0v) is 25.6. The van der Waals surface area contributed by atoms with Gasteiger partial charge in [0.1, 0.15) is 25.8 Å². The number of fused-ring (bicyclic) bond motifs is 2. The molecule has 2 aliphatic rings. The monoisotopic (exact) mass is 514 g/mol. The van der Waals surface area contributed by atoms with Gasteiger partial charge in [0, 0.05) is 37.2 Å². The molecule has 1 fully saturated rings. The first-order chi connectivity index (χ1) is 15.6. The van der Waals surface area contributed by atoms with Crippen molar-refractivity contribution < 1.29 is 13.9 Å². The Balaban J connectivity index is 2.06. The molecular weight excluding hydrogens is 470 g/mol. The number of rotatable bonds is 2. The Labute approximate surface area is 213 Å². The van der Waals surface area contributed by atoms with Gasteiger partial charge in [-0.25, -0.2) is 0 Å². The molecular formula is C30H44O3P2. The van der Waals surface area contributed by atoms with Crippen molar-refractivity contribution in [1.82, 2.24) is 0 Å². The first-order valence-corrected chi connectivity index (χ1v) is 16.2. The zero-order chi connectivity index (χ0) is 26.6. The predicted molar refractivity (Wildman–Crippen MR) is 152 cm³/mol. The Hall–Kier alpha value is -1.30. The van der Waals surface area contributed by atoms with E-state index in [2.05, 4.69) is 95.2 Å². The van der Waals surface area contributed by atoms with Crippen molar-refractivity contribution in [1.29, 1.82) is 0 Å². The number of benzene rings is 2. The molecule has 0 amide bonds. The molecule has 1 saturated heterocycles. The normalized spacial score (nSPS) is 21.8. The smallest absolute Gasteiger partial charge is 0.142 e. The van der Waals surface area contributed by atoms with Gasteiger partial charge in [-0.15, -0.1) is 0 Å². The van der Waals surface area contributed by atoms with Gasteiger partial charge in [-0.3, -0.25) is 0 Å². The fourth-order valence-corrected chi connectivity index (χ4v) is 16.2. The van der Waals surface area contributed by atoms with Crippen LogP contribution in [0.25, 0.3) is 0 Å². The number of hydrogen-bond donors (Lipinski definition) is 0. The van der Waals surface area contributed by atoms with Crippen LogP contribution in [-0.4, -0.2) is 20.6 Å². The lowest BCUT2D eigenvalue weighted by atomic mass is 9.76. The van der Waals surface area contributed by atoms with E-state index in [0.717, 1.165) is 33.9 Å². The Morgan fingerprint density at radius 1 is 0.771 bits per heavy atom. The van der Waals surface area contributed by atoms with Crippen LogP contribution < -0.4 is 15.3 Å². The number of hydrogen-bond acceptors (Lipinski definition) is 3. The Kier molecular flexibility index (Phi) is 5.65. The molecule has 0 aromatic heterocycles. The molecule has 0 spiro atoms. The Morgan fingerprint density at radius 3 is 1.69 bits per heavy atom. The van der Waals surface area contributed by atoms with Crippen molar-refractivity contribution in [2.24, 2.45) is 0 Å². The van der Waals surface area contributed by atoms with Gasteiger partial charge in [0.15, 0.2) is 0 Å². The van der Waals surface area contributed by atoms with Gasteiger partial charge in [0.2, 0.25) is 0 Å². The summed E-state index contributed by atoms with van der Waals surface area (Å²) < 4.78 is 36.8. The fraction of sp³-hybridized carbons (Fsp3) is 0.600. The second-order valence-corrected chi connectivity index (χ2v) is 22.9. The molecule has 0 N–H and O–H groups in total. The first kappa shape index (κ1) is 26.8. The second-order valence-electron chi connectivity index (χ2n) is 14.4. The van der Waals surface area contributed by atoms with Crippen molar-refractivity contribution in [3.63, 3.8) is 0 Å². The third-order valence-corrected chi connectivity index (χ3v) is 18.2.